The molecular formula is C42H25B2N2. The van der Waals surface area contributed by atoms with Crippen LogP contribution >= 0.6 is 0 Å². The molecule has 0 unspecified atom stereocenters. The van der Waals surface area contributed by atoms with Gasteiger partial charge in [0.2, 0.25) is 0 Å². The standard InChI is InChI=1S/C42H25B2N2/c43-34-21-11-19-30-28-17-7-9-23-36(28)45(39(30)34)41-32(26-13-3-1-4-14-26)25-33(27-15-5-2-6-16-27)42-38(41)44-35-22-12-20-31-29-18-8-10-24-37(29)46(42)40(31)35/h1-25H. The van der Waals surface area contributed by atoms with Crippen LogP contribution in [0.5, 0.6) is 0 Å². The predicted molar refractivity (Wildman–Crippen MR) is 196 cm³/mol. The molecule has 4 heteroatoms. The van der Waals surface area contributed by atoms with E-state index in [2.05, 4.69) is 162 Å². The van der Waals surface area contributed by atoms with Gasteiger partial charge in [-0.15, -0.1) is 0 Å². The van der Waals surface area contributed by atoms with Gasteiger partial charge in [-0.2, -0.15) is 0 Å². The monoisotopic (exact) mass is 579 g/mol. The Morgan fingerprint density at radius 2 is 0.913 bits per heavy atom. The summed E-state index contributed by atoms with van der Waals surface area (Å²) in [5, 5.41) is 4.87. The second-order valence-electron chi connectivity index (χ2n) is 12.2. The third-order valence-electron chi connectivity index (χ3n) is 9.68. The molecule has 46 heavy (non-hydrogen) atoms. The fraction of sp³-hybridized carbons (Fsp3) is 0. The molecule has 209 valence electrons. The summed E-state index contributed by atoms with van der Waals surface area (Å²) in [4.78, 5) is 0. The van der Waals surface area contributed by atoms with E-state index in [-0.39, 0.29) is 0 Å². The van der Waals surface area contributed by atoms with Crippen molar-refractivity contribution in [2.45, 2.75) is 0 Å². The van der Waals surface area contributed by atoms with E-state index in [0.29, 0.717) is 0 Å². The SMILES string of the molecule is [B]c1cccc2c3ccccc3n(-c3c(-c4ccccc4)cc(-c4ccccc4)c4c3[B]c3cccc5c6ccccc6n-4c35)c12. The molecule has 0 aliphatic carbocycles. The molecule has 10 rings (SSSR count). The number of hydrogen-bond acceptors (Lipinski definition) is 0. The second-order valence-corrected chi connectivity index (χ2v) is 12.2. The number of para-hydroxylation sites is 4. The number of rotatable bonds is 3. The summed E-state index contributed by atoms with van der Waals surface area (Å²) >= 11 is 0. The van der Waals surface area contributed by atoms with Crippen LogP contribution < -0.4 is 16.4 Å². The van der Waals surface area contributed by atoms with Gasteiger partial charge in [-0.1, -0.05) is 144 Å². The van der Waals surface area contributed by atoms with Crippen molar-refractivity contribution in [1.29, 1.82) is 0 Å². The van der Waals surface area contributed by atoms with Crippen LogP contribution in [0.15, 0.2) is 152 Å². The Hall–Kier alpha value is -5.73. The first kappa shape index (κ1) is 25.6. The van der Waals surface area contributed by atoms with Crippen LogP contribution in [0, 0.1) is 0 Å². The molecule has 3 heterocycles. The molecule has 0 bridgehead atoms. The quantitative estimate of drug-likeness (QED) is 0.188. The van der Waals surface area contributed by atoms with Gasteiger partial charge in [0.05, 0.1) is 22.4 Å². The topological polar surface area (TPSA) is 9.86 Å². The molecule has 0 atom stereocenters. The van der Waals surface area contributed by atoms with Gasteiger partial charge < -0.3 is 9.13 Å². The van der Waals surface area contributed by atoms with Gasteiger partial charge in [0.15, 0.2) is 7.28 Å². The normalized spacial score (nSPS) is 12.2. The molecule has 7 aromatic carbocycles. The van der Waals surface area contributed by atoms with E-state index in [0.717, 1.165) is 38.7 Å². The zero-order chi connectivity index (χ0) is 30.4. The molecule has 1 aliphatic heterocycles. The minimum Gasteiger partial charge on any atom is -0.310 e. The Morgan fingerprint density at radius 3 is 1.52 bits per heavy atom. The molecule has 0 saturated heterocycles. The Bertz CT molecular complexity index is 2670. The summed E-state index contributed by atoms with van der Waals surface area (Å²) in [5.74, 6) is 0. The van der Waals surface area contributed by atoms with Crippen molar-refractivity contribution < 1.29 is 0 Å². The van der Waals surface area contributed by atoms with Crippen molar-refractivity contribution >= 4 is 75.1 Å². The van der Waals surface area contributed by atoms with Gasteiger partial charge in [-0.25, -0.2) is 0 Å². The molecule has 0 amide bonds. The number of aromatic nitrogens is 2. The van der Waals surface area contributed by atoms with Gasteiger partial charge in [0, 0.05) is 43.7 Å². The Balaban J connectivity index is 1.48. The van der Waals surface area contributed by atoms with Crippen LogP contribution in [-0.2, 0) is 0 Å². The molecule has 2 nitrogen and oxygen atoms in total. The first-order chi connectivity index (χ1) is 22.8. The van der Waals surface area contributed by atoms with Crippen LogP contribution in [-0.4, -0.2) is 24.3 Å². The van der Waals surface area contributed by atoms with E-state index >= 15 is 0 Å². The molecule has 1 aliphatic rings. The fourth-order valence-corrected chi connectivity index (χ4v) is 7.80. The molecule has 0 fully saturated rings. The van der Waals surface area contributed by atoms with E-state index < -0.39 is 0 Å². The molecule has 0 saturated carbocycles. The summed E-state index contributed by atoms with van der Waals surface area (Å²) in [6, 6.07) is 54.4. The third-order valence-corrected chi connectivity index (χ3v) is 9.68. The van der Waals surface area contributed by atoms with Crippen LogP contribution in [0.1, 0.15) is 0 Å². The zero-order valence-corrected chi connectivity index (χ0v) is 25.0. The average molecular weight is 579 g/mol. The predicted octanol–water partition coefficient (Wildman–Crippen LogP) is 7.98. The molecule has 3 radical (unpaired) electrons. The summed E-state index contributed by atoms with van der Waals surface area (Å²) in [5.41, 5.74) is 14.8. The van der Waals surface area contributed by atoms with Crippen LogP contribution in [0.4, 0.5) is 0 Å². The Labute approximate surface area is 268 Å². The van der Waals surface area contributed by atoms with Crippen molar-refractivity contribution in [3.05, 3.63) is 152 Å². The highest BCUT2D eigenvalue weighted by molar-refractivity contribution is 6.73. The second kappa shape index (κ2) is 9.63. The lowest BCUT2D eigenvalue weighted by Crippen LogP contribution is -2.39. The van der Waals surface area contributed by atoms with Gasteiger partial charge in [0.1, 0.15) is 7.85 Å². The number of hydrogen-bond donors (Lipinski definition) is 0. The minimum absolute atomic E-state index is 0.763. The Kier molecular flexibility index (Phi) is 5.36. The Morgan fingerprint density at radius 1 is 0.435 bits per heavy atom. The zero-order valence-electron chi connectivity index (χ0n) is 25.0. The molecular weight excluding hydrogens is 554 g/mol. The van der Waals surface area contributed by atoms with Crippen molar-refractivity contribution in [1.82, 2.24) is 9.13 Å². The number of nitrogens with zero attached hydrogens (tertiary/aromatic N) is 2. The van der Waals surface area contributed by atoms with Gasteiger partial charge in [-0.3, -0.25) is 0 Å². The lowest BCUT2D eigenvalue weighted by molar-refractivity contribution is 1.15. The maximum atomic E-state index is 6.90. The van der Waals surface area contributed by atoms with Crippen molar-refractivity contribution in [3.63, 3.8) is 0 Å². The first-order valence-electron chi connectivity index (χ1n) is 15.7. The summed E-state index contributed by atoms with van der Waals surface area (Å²) in [6.45, 7) is 0. The third kappa shape index (κ3) is 3.44. The van der Waals surface area contributed by atoms with Crippen LogP contribution in [0.3, 0.4) is 0 Å². The molecule has 9 aromatic rings. The van der Waals surface area contributed by atoms with Crippen LogP contribution in [0.2, 0.25) is 0 Å². The molecule has 0 N–H and O–H groups in total. The highest BCUT2D eigenvalue weighted by atomic mass is 15.0. The van der Waals surface area contributed by atoms with E-state index in [1.165, 1.54) is 54.9 Å². The highest BCUT2D eigenvalue weighted by Crippen LogP contribution is 2.42. The summed E-state index contributed by atoms with van der Waals surface area (Å²) in [6.07, 6.45) is 0. The highest BCUT2D eigenvalue weighted by Gasteiger charge is 2.31. The van der Waals surface area contributed by atoms with E-state index in [4.69, 9.17) is 7.85 Å². The lowest BCUT2D eigenvalue weighted by atomic mass is 9.59. The summed E-state index contributed by atoms with van der Waals surface area (Å²) in [7, 11) is 9.31. The van der Waals surface area contributed by atoms with Gasteiger partial charge in [0.25, 0.3) is 0 Å². The van der Waals surface area contributed by atoms with Crippen molar-refractivity contribution in [2.24, 2.45) is 0 Å². The largest absolute Gasteiger partial charge is 0.310 e. The van der Waals surface area contributed by atoms with E-state index in [1.807, 2.05) is 6.07 Å². The van der Waals surface area contributed by atoms with Crippen molar-refractivity contribution in [3.8, 4) is 33.6 Å². The summed E-state index contributed by atoms with van der Waals surface area (Å²) < 4.78 is 4.93. The maximum absolute atomic E-state index is 6.90. The maximum Gasteiger partial charge on any atom is 0.199 e. The van der Waals surface area contributed by atoms with Crippen LogP contribution in [0.25, 0.3) is 77.2 Å². The number of benzene rings is 7. The molecule has 0 spiro atoms. The number of fused-ring (bicyclic) bond motifs is 8. The lowest BCUT2D eigenvalue weighted by Gasteiger charge is -2.29. The fourth-order valence-electron chi connectivity index (χ4n) is 7.80. The first-order valence-corrected chi connectivity index (χ1v) is 15.7. The minimum atomic E-state index is 0.763. The van der Waals surface area contributed by atoms with Gasteiger partial charge in [-0.05, 0) is 34.8 Å². The van der Waals surface area contributed by atoms with E-state index in [1.54, 1.807) is 0 Å². The smallest absolute Gasteiger partial charge is 0.199 e. The molecule has 2 aromatic heterocycles. The van der Waals surface area contributed by atoms with Crippen molar-refractivity contribution in [2.75, 3.05) is 0 Å². The van der Waals surface area contributed by atoms with Gasteiger partial charge >= 0.3 is 0 Å². The van der Waals surface area contributed by atoms with E-state index in [9.17, 15) is 0 Å². The average Bonchev–Trinajstić information content (AvgIpc) is 3.63.